The third kappa shape index (κ3) is 3.92. The second-order valence-corrected chi connectivity index (χ2v) is 7.84. The average molecular weight is 429 g/mol. The van der Waals surface area contributed by atoms with E-state index in [1.807, 2.05) is 59.5 Å². The highest BCUT2D eigenvalue weighted by Gasteiger charge is 2.25. The smallest absolute Gasteiger partial charge is 0.227 e. The summed E-state index contributed by atoms with van der Waals surface area (Å²) >= 11 is 0. The normalized spacial score (nSPS) is 14.1. The summed E-state index contributed by atoms with van der Waals surface area (Å²) in [5, 5.41) is 0. The number of hydrogen-bond acceptors (Lipinski definition) is 7. The van der Waals surface area contributed by atoms with Gasteiger partial charge in [-0.2, -0.15) is 9.97 Å². The first-order valence-electron chi connectivity index (χ1n) is 10.5. The molecule has 162 valence electrons. The minimum atomic E-state index is 0.135. The summed E-state index contributed by atoms with van der Waals surface area (Å²) in [6.07, 6.45) is 0.414. The van der Waals surface area contributed by atoms with Gasteiger partial charge in [-0.3, -0.25) is 4.79 Å². The van der Waals surface area contributed by atoms with Crippen LogP contribution in [-0.2, 0) is 11.2 Å². The lowest BCUT2D eigenvalue weighted by Crippen LogP contribution is -2.49. The maximum atomic E-state index is 12.7. The van der Waals surface area contributed by atoms with Crippen LogP contribution in [0.4, 0.5) is 17.5 Å². The number of nitrogens with two attached hydrogens (primary N) is 2. The van der Waals surface area contributed by atoms with Gasteiger partial charge in [-0.05, 0) is 29.8 Å². The average Bonchev–Trinajstić information content (AvgIpc) is 3.23. The molecular formula is C23H24N8O. The number of fused-ring (bicyclic) bond motifs is 1. The Morgan fingerprint density at radius 3 is 2.34 bits per heavy atom. The Morgan fingerprint density at radius 1 is 0.906 bits per heavy atom. The first-order chi connectivity index (χ1) is 15.6. The number of carbonyl (C=O) groups excluding carboxylic acids is 1. The van der Waals surface area contributed by atoms with Crippen molar-refractivity contribution in [1.82, 2.24) is 24.8 Å². The Bertz CT molecular complexity index is 1240. The van der Waals surface area contributed by atoms with E-state index in [1.54, 1.807) is 0 Å². The Balaban J connectivity index is 1.35. The number of nitrogen functional groups attached to an aromatic ring is 2. The summed E-state index contributed by atoms with van der Waals surface area (Å²) in [5.41, 5.74) is 15.6. The fraction of sp³-hybridized carbons (Fsp3) is 0.217. The first-order valence-corrected chi connectivity index (χ1v) is 10.5. The van der Waals surface area contributed by atoms with E-state index in [2.05, 4.69) is 24.8 Å². The van der Waals surface area contributed by atoms with Crippen LogP contribution in [0.15, 0.2) is 54.6 Å². The molecule has 1 fully saturated rings. The van der Waals surface area contributed by atoms with Crippen LogP contribution in [0.25, 0.3) is 22.6 Å². The molecule has 0 unspecified atom stereocenters. The molecule has 2 aromatic carbocycles. The Hall–Kier alpha value is -4.14. The summed E-state index contributed by atoms with van der Waals surface area (Å²) in [5.74, 6) is 1.69. The molecule has 9 heteroatoms. The van der Waals surface area contributed by atoms with Gasteiger partial charge in [0.15, 0.2) is 11.5 Å². The number of imidazole rings is 1. The third-order valence-corrected chi connectivity index (χ3v) is 5.66. The number of H-pyrrole nitrogens is 1. The molecule has 2 aromatic heterocycles. The monoisotopic (exact) mass is 428 g/mol. The van der Waals surface area contributed by atoms with Crippen LogP contribution in [0.1, 0.15) is 5.56 Å². The fourth-order valence-corrected chi connectivity index (χ4v) is 3.96. The fourth-order valence-electron chi connectivity index (χ4n) is 3.96. The Labute approximate surface area is 185 Å². The van der Waals surface area contributed by atoms with E-state index in [9.17, 15) is 4.79 Å². The number of anilines is 3. The van der Waals surface area contributed by atoms with Crippen molar-refractivity contribution in [1.29, 1.82) is 0 Å². The third-order valence-electron chi connectivity index (χ3n) is 5.66. The molecule has 9 nitrogen and oxygen atoms in total. The quantitative estimate of drug-likeness (QED) is 0.424. The molecule has 5 rings (SSSR count). The highest BCUT2D eigenvalue weighted by molar-refractivity contribution is 5.87. The van der Waals surface area contributed by atoms with Crippen molar-refractivity contribution in [2.75, 3.05) is 42.5 Å². The van der Waals surface area contributed by atoms with Gasteiger partial charge in [0.05, 0.1) is 6.42 Å². The standard InChI is InChI=1S/C23H24N8O/c24-17-8-6-16(7-9-17)20-26-19-21(27-20)28-23(25)29-22(19)31-12-10-30(11-13-31)18(32)14-15-4-2-1-3-5-15/h1-9H,10-14,24H2,(H3,25,26,27,28,29). The summed E-state index contributed by atoms with van der Waals surface area (Å²) in [6, 6.07) is 17.3. The molecular weight excluding hydrogens is 404 g/mol. The van der Waals surface area contributed by atoms with Crippen molar-refractivity contribution in [3.8, 4) is 11.4 Å². The van der Waals surface area contributed by atoms with Crippen LogP contribution >= 0.6 is 0 Å². The van der Waals surface area contributed by atoms with E-state index < -0.39 is 0 Å². The minimum Gasteiger partial charge on any atom is -0.399 e. The predicted octanol–water partition coefficient (Wildman–Crippen LogP) is 2.08. The molecule has 32 heavy (non-hydrogen) atoms. The molecule has 0 spiro atoms. The van der Waals surface area contributed by atoms with Crippen molar-refractivity contribution in [3.05, 3.63) is 60.2 Å². The number of nitrogens with zero attached hydrogens (tertiary/aromatic N) is 5. The van der Waals surface area contributed by atoms with Gasteiger partial charge in [0.2, 0.25) is 11.9 Å². The number of rotatable bonds is 4. The van der Waals surface area contributed by atoms with E-state index in [1.165, 1.54) is 0 Å². The van der Waals surface area contributed by atoms with Crippen LogP contribution in [0.5, 0.6) is 0 Å². The molecule has 0 saturated carbocycles. The molecule has 0 radical (unpaired) electrons. The van der Waals surface area contributed by atoms with E-state index >= 15 is 0 Å². The molecule has 0 aliphatic carbocycles. The van der Waals surface area contributed by atoms with Gasteiger partial charge in [0.1, 0.15) is 11.3 Å². The SMILES string of the molecule is Nc1ccc(-c2nc3nc(N)nc(N4CCN(C(=O)Cc5ccccc5)CC4)c3[nH]2)cc1. The van der Waals surface area contributed by atoms with Crippen molar-refractivity contribution in [3.63, 3.8) is 0 Å². The predicted molar refractivity (Wildman–Crippen MR) is 125 cm³/mol. The van der Waals surface area contributed by atoms with Crippen LogP contribution in [0.3, 0.4) is 0 Å². The largest absolute Gasteiger partial charge is 0.399 e. The number of piperazine rings is 1. The molecule has 1 amide bonds. The molecule has 1 aliphatic heterocycles. The van der Waals surface area contributed by atoms with Crippen molar-refractivity contribution >= 4 is 34.5 Å². The zero-order valence-corrected chi connectivity index (χ0v) is 17.5. The van der Waals surface area contributed by atoms with Crippen LogP contribution in [-0.4, -0.2) is 56.9 Å². The number of hydrogen-bond donors (Lipinski definition) is 3. The lowest BCUT2D eigenvalue weighted by Gasteiger charge is -2.35. The number of carbonyl (C=O) groups is 1. The summed E-state index contributed by atoms with van der Waals surface area (Å²) in [7, 11) is 0. The molecule has 0 atom stereocenters. The number of nitrogens with one attached hydrogen (secondary N) is 1. The van der Waals surface area contributed by atoms with Gasteiger partial charge in [-0.1, -0.05) is 30.3 Å². The van der Waals surface area contributed by atoms with Crippen molar-refractivity contribution in [2.45, 2.75) is 6.42 Å². The maximum Gasteiger partial charge on any atom is 0.227 e. The van der Waals surface area contributed by atoms with E-state index in [0.717, 1.165) is 16.6 Å². The van der Waals surface area contributed by atoms with E-state index in [4.69, 9.17) is 11.5 Å². The number of aromatic nitrogens is 4. The summed E-state index contributed by atoms with van der Waals surface area (Å²) < 4.78 is 0. The Kier molecular flexibility index (Phi) is 5.06. The van der Waals surface area contributed by atoms with Crippen LogP contribution in [0.2, 0.25) is 0 Å². The van der Waals surface area contributed by atoms with Gasteiger partial charge < -0.3 is 26.3 Å². The minimum absolute atomic E-state index is 0.135. The first kappa shape index (κ1) is 19.8. The molecule has 3 heterocycles. The number of amides is 1. The van der Waals surface area contributed by atoms with Gasteiger partial charge in [-0.25, -0.2) is 4.98 Å². The van der Waals surface area contributed by atoms with Gasteiger partial charge in [0, 0.05) is 37.4 Å². The van der Waals surface area contributed by atoms with E-state index in [-0.39, 0.29) is 11.9 Å². The van der Waals surface area contributed by atoms with Crippen molar-refractivity contribution in [2.24, 2.45) is 0 Å². The lowest BCUT2D eigenvalue weighted by molar-refractivity contribution is -0.130. The molecule has 1 saturated heterocycles. The zero-order chi connectivity index (χ0) is 22.1. The second kappa shape index (κ2) is 8.18. The number of aromatic amines is 1. The lowest BCUT2D eigenvalue weighted by atomic mass is 10.1. The van der Waals surface area contributed by atoms with Gasteiger partial charge in [0.25, 0.3) is 0 Å². The maximum absolute atomic E-state index is 12.7. The molecule has 5 N–H and O–H groups in total. The molecule has 4 aromatic rings. The Morgan fingerprint density at radius 2 is 1.62 bits per heavy atom. The molecule has 1 aliphatic rings. The van der Waals surface area contributed by atoms with Gasteiger partial charge >= 0.3 is 0 Å². The highest BCUT2D eigenvalue weighted by Crippen LogP contribution is 2.27. The summed E-state index contributed by atoms with van der Waals surface area (Å²) in [6.45, 7) is 2.55. The zero-order valence-electron chi connectivity index (χ0n) is 17.5. The topological polar surface area (TPSA) is 130 Å². The summed E-state index contributed by atoms with van der Waals surface area (Å²) in [4.78, 5) is 33.4. The van der Waals surface area contributed by atoms with Crippen LogP contribution in [0, 0.1) is 0 Å². The molecule has 0 bridgehead atoms. The number of benzene rings is 2. The van der Waals surface area contributed by atoms with Crippen LogP contribution < -0.4 is 16.4 Å². The van der Waals surface area contributed by atoms with E-state index in [0.29, 0.717) is 55.6 Å². The second-order valence-electron chi connectivity index (χ2n) is 7.84. The van der Waals surface area contributed by atoms with Gasteiger partial charge in [-0.15, -0.1) is 0 Å². The highest BCUT2D eigenvalue weighted by atomic mass is 16.2. The van der Waals surface area contributed by atoms with Crippen molar-refractivity contribution < 1.29 is 4.79 Å².